The van der Waals surface area contributed by atoms with Crippen LogP contribution in [-0.2, 0) is 0 Å². The van der Waals surface area contributed by atoms with E-state index in [1.165, 1.54) is 12.1 Å². The van der Waals surface area contributed by atoms with Crippen molar-refractivity contribution < 1.29 is 4.39 Å². The maximum Gasteiger partial charge on any atom is 0.125 e. The van der Waals surface area contributed by atoms with Gasteiger partial charge in [-0.1, -0.05) is 23.2 Å². The predicted molar refractivity (Wildman–Crippen MR) is 70.6 cm³/mol. The Kier molecular flexibility index (Phi) is 3.41. The van der Waals surface area contributed by atoms with Crippen molar-refractivity contribution in [2.45, 2.75) is 0 Å². The molecule has 2 rings (SSSR count). The molecule has 0 radical (unpaired) electrons. The van der Waals surface area contributed by atoms with Gasteiger partial charge < -0.3 is 11.1 Å². The molecular weight excluding hydrogens is 262 g/mol. The third kappa shape index (κ3) is 2.81. The van der Waals surface area contributed by atoms with Crippen LogP contribution in [0.2, 0.25) is 10.0 Å². The third-order valence-electron chi connectivity index (χ3n) is 2.21. The lowest BCUT2D eigenvalue weighted by atomic mass is 10.2. The number of hydrogen-bond donors (Lipinski definition) is 2. The van der Waals surface area contributed by atoms with Gasteiger partial charge in [0.05, 0.1) is 22.1 Å². The minimum Gasteiger partial charge on any atom is -0.397 e. The Morgan fingerprint density at radius 1 is 1.00 bits per heavy atom. The number of halogens is 3. The van der Waals surface area contributed by atoms with Crippen LogP contribution in [0, 0.1) is 5.82 Å². The average Bonchev–Trinajstić information content (AvgIpc) is 2.25. The fraction of sp³-hybridized carbons (Fsp3) is 0. The number of benzene rings is 2. The molecule has 5 heteroatoms. The predicted octanol–water partition coefficient (Wildman–Crippen LogP) is 4.46. The number of anilines is 3. The number of nitrogen functional groups attached to an aromatic ring is 1. The smallest absolute Gasteiger partial charge is 0.125 e. The first-order chi connectivity index (χ1) is 8.06. The molecule has 0 aromatic heterocycles. The number of rotatable bonds is 2. The van der Waals surface area contributed by atoms with E-state index in [1.54, 1.807) is 24.3 Å². The summed E-state index contributed by atoms with van der Waals surface area (Å²) < 4.78 is 12.9. The number of nitrogens with one attached hydrogen (secondary N) is 1. The quantitative estimate of drug-likeness (QED) is 0.791. The van der Waals surface area contributed by atoms with Crippen LogP contribution < -0.4 is 11.1 Å². The highest BCUT2D eigenvalue weighted by Crippen LogP contribution is 2.30. The summed E-state index contributed by atoms with van der Waals surface area (Å²) >= 11 is 11.8. The van der Waals surface area contributed by atoms with E-state index < -0.39 is 0 Å². The van der Waals surface area contributed by atoms with Crippen LogP contribution >= 0.6 is 23.2 Å². The highest BCUT2D eigenvalue weighted by Gasteiger charge is 2.05. The molecule has 2 aromatic rings. The summed E-state index contributed by atoms with van der Waals surface area (Å²) in [6.45, 7) is 0. The molecule has 0 saturated heterocycles. The standard InChI is InChI=1S/C12H9Cl2FN2/c13-7-1-3-11(9(14)5-7)17-12-4-2-8(15)6-10(12)16/h1-6,17H,16H2. The first-order valence-corrected chi connectivity index (χ1v) is 5.59. The van der Waals surface area contributed by atoms with Crippen molar-refractivity contribution in [1.82, 2.24) is 0 Å². The van der Waals surface area contributed by atoms with E-state index in [1.807, 2.05) is 0 Å². The molecule has 0 spiro atoms. The topological polar surface area (TPSA) is 38.0 Å². The Morgan fingerprint density at radius 3 is 2.35 bits per heavy atom. The second kappa shape index (κ2) is 4.82. The van der Waals surface area contributed by atoms with E-state index in [4.69, 9.17) is 28.9 Å². The average molecular weight is 271 g/mol. The van der Waals surface area contributed by atoms with Crippen LogP contribution in [-0.4, -0.2) is 0 Å². The molecular formula is C12H9Cl2FN2. The fourth-order valence-corrected chi connectivity index (χ4v) is 1.84. The summed E-state index contributed by atoms with van der Waals surface area (Å²) in [5, 5.41) is 4.03. The minimum absolute atomic E-state index is 0.316. The van der Waals surface area contributed by atoms with Crippen LogP contribution in [0.15, 0.2) is 36.4 Å². The SMILES string of the molecule is Nc1cc(F)ccc1Nc1ccc(Cl)cc1Cl. The highest BCUT2D eigenvalue weighted by atomic mass is 35.5. The summed E-state index contributed by atoms with van der Waals surface area (Å²) in [7, 11) is 0. The highest BCUT2D eigenvalue weighted by molar-refractivity contribution is 6.36. The molecule has 0 aliphatic carbocycles. The van der Waals surface area contributed by atoms with Crippen LogP contribution in [0.3, 0.4) is 0 Å². The van der Waals surface area contributed by atoms with E-state index in [0.717, 1.165) is 0 Å². The number of hydrogen-bond acceptors (Lipinski definition) is 2. The van der Waals surface area contributed by atoms with E-state index >= 15 is 0 Å². The van der Waals surface area contributed by atoms with Gasteiger partial charge in [0, 0.05) is 5.02 Å². The van der Waals surface area contributed by atoms with Gasteiger partial charge in [-0.3, -0.25) is 0 Å². The molecule has 0 atom stereocenters. The van der Waals surface area contributed by atoms with Crippen LogP contribution in [0.4, 0.5) is 21.5 Å². The molecule has 3 N–H and O–H groups in total. The van der Waals surface area contributed by atoms with Gasteiger partial charge >= 0.3 is 0 Å². The van der Waals surface area contributed by atoms with Gasteiger partial charge in [0.2, 0.25) is 0 Å². The van der Waals surface area contributed by atoms with Gasteiger partial charge in [-0.05, 0) is 36.4 Å². The zero-order chi connectivity index (χ0) is 12.4. The molecule has 0 saturated carbocycles. The zero-order valence-corrected chi connectivity index (χ0v) is 10.2. The Hall–Kier alpha value is -1.45. The normalized spacial score (nSPS) is 10.3. The molecule has 0 amide bonds. The molecule has 0 heterocycles. The molecule has 2 aromatic carbocycles. The van der Waals surface area contributed by atoms with Crippen molar-refractivity contribution in [3.05, 3.63) is 52.3 Å². The first kappa shape index (κ1) is 12.0. The van der Waals surface area contributed by atoms with Crippen molar-refractivity contribution in [3.63, 3.8) is 0 Å². The Morgan fingerprint density at radius 2 is 1.71 bits per heavy atom. The molecule has 0 aliphatic rings. The third-order valence-corrected chi connectivity index (χ3v) is 2.76. The van der Waals surface area contributed by atoms with Gasteiger partial charge in [-0.25, -0.2) is 4.39 Å². The van der Waals surface area contributed by atoms with E-state index in [9.17, 15) is 4.39 Å². The number of nitrogens with two attached hydrogens (primary N) is 1. The lowest BCUT2D eigenvalue weighted by molar-refractivity contribution is 0.628. The molecule has 88 valence electrons. The summed E-state index contributed by atoms with van der Waals surface area (Å²) in [5.41, 5.74) is 7.25. The Bertz CT molecular complexity index is 509. The largest absolute Gasteiger partial charge is 0.397 e. The lowest BCUT2D eigenvalue weighted by Crippen LogP contribution is -1.97. The molecule has 17 heavy (non-hydrogen) atoms. The Balaban J connectivity index is 2.31. The van der Waals surface area contributed by atoms with Crippen molar-refractivity contribution in [2.75, 3.05) is 11.1 Å². The fourth-order valence-electron chi connectivity index (χ4n) is 1.38. The van der Waals surface area contributed by atoms with Gasteiger partial charge in [0.1, 0.15) is 5.82 Å². The van der Waals surface area contributed by atoms with Gasteiger partial charge in [-0.2, -0.15) is 0 Å². The van der Waals surface area contributed by atoms with Gasteiger partial charge in [0.25, 0.3) is 0 Å². The zero-order valence-electron chi connectivity index (χ0n) is 8.68. The lowest BCUT2D eigenvalue weighted by Gasteiger charge is -2.10. The molecule has 2 nitrogen and oxygen atoms in total. The van der Waals surface area contributed by atoms with Gasteiger partial charge in [-0.15, -0.1) is 0 Å². The van der Waals surface area contributed by atoms with Crippen LogP contribution in [0.5, 0.6) is 0 Å². The van der Waals surface area contributed by atoms with Crippen LogP contribution in [0.1, 0.15) is 0 Å². The summed E-state index contributed by atoms with van der Waals surface area (Å²) in [5.74, 6) is -0.379. The van der Waals surface area contributed by atoms with Crippen molar-refractivity contribution in [3.8, 4) is 0 Å². The second-order valence-corrected chi connectivity index (χ2v) is 4.32. The van der Waals surface area contributed by atoms with E-state index in [2.05, 4.69) is 5.32 Å². The Labute approximate surface area is 108 Å². The van der Waals surface area contributed by atoms with Crippen molar-refractivity contribution in [1.29, 1.82) is 0 Å². The minimum atomic E-state index is -0.379. The first-order valence-electron chi connectivity index (χ1n) is 4.83. The maximum absolute atomic E-state index is 12.9. The van der Waals surface area contributed by atoms with E-state index in [-0.39, 0.29) is 5.82 Å². The molecule has 0 bridgehead atoms. The summed E-state index contributed by atoms with van der Waals surface area (Å²) in [6, 6.07) is 9.17. The van der Waals surface area contributed by atoms with Crippen molar-refractivity contribution in [2.24, 2.45) is 0 Å². The second-order valence-electron chi connectivity index (χ2n) is 3.48. The molecule has 0 aliphatic heterocycles. The van der Waals surface area contributed by atoms with Crippen LogP contribution in [0.25, 0.3) is 0 Å². The monoisotopic (exact) mass is 270 g/mol. The molecule has 0 fully saturated rings. The maximum atomic E-state index is 12.9. The van der Waals surface area contributed by atoms with Gasteiger partial charge in [0.15, 0.2) is 0 Å². The van der Waals surface area contributed by atoms with Crippen molar-refractivity contribution >= 4 is 40.3 Å². The van der Waals surface area contributed by atoms with E-state index in [0.29, 0.717) is 27.1 Å². The summed E-state index contributed by atoms with van der Waals surface area (Å²) in [6.07, 6.45) is 0. The molecule has 0 unspecified atom stereocenters. The summed E-state index contributed by atoms with van der Waals surface area (Å²) in [4.78, 5) is 0.